The van der Waals surface area contributed by atoms with Crippen molar-refractivity contribution in [3.05, 3.63) is 56.6 Å². The van der Waals surface area contributed by atoms with Crippen molar-refractivity contribution in [3.8, 4) is 0 Å². The standard InChI is InChI=1S/C19H18BrCl2N3O/c20-13-3-1-12(2-4-13)15-10-16(15)19(26)25-7-5-24(6-8-25)18-17(22)9-14(21)11-23-18/h1-4,9,11,15-16H,5-8,10H2. The third-order valence-electron chi connectivity index (χ3n) is 5.09. The first-order chi connectivity index (χ1) is 12.5. The minimum Gasteiger partial charge on any atom is -0.352 e. The number of carbonyl (C=O) groups is 1. The molecule has 2 aromatic rings. The fourth-order valence-electron chi connectivity index (χ4n) is 3.56. The number of hydrogen-bond acceptors (Lipinski definition) is 3. The van der Waals surface area contributed by atoms with Gasteiger partial charge >= 0.3 is 0 Å². The van der Waals surface area contributed by atoms with Crippen LogP contribution in [0, 0.1) is 5.92 Å². The zero-order valence-corrected chi connectivity index (χ0v) is 17.1. The van der Waals surface area contributed by atoms with E-state index in [2.05, 4.69) is 37.9 Å². The Morgan fingerprint density at radius 1 is 1.12 bits per heavy atom. The number of rotatable bonds is 3. The average Bonchev–Trinajstić information content (AvgIpc) is 3.43. The lowest BCUT2D eigenvalue weighted by Crippen LogP contribution is -2.49. The molecular weight excluding hydrogens is 437 g/mol. The van der Waals surface area contributed by atoms with Crippen LogP contribution in [0.25, 0.3) is 0 Å². The second-order valence-electron chi connectivity index (χ2n) is 6.77. The zero-order chi connectivity index (χ0) is 18.3. The lowest BCUT2D eigenvalue weighted by atomic mass is 10.1. The van der Waals surface area contributed by atoms with Gasteiger partial charge in [-0.1, -0.05) is 51.3 Å². The largest absolute Gasteiger partial charge is 0.352 e. The maximum atomic E-state index is 12.8. The fraction of sp³-hybridized carbons (Fsp3) is 0.368. The van der Waals surface area contributed by atoms with Gasteiger partial charge in [0.1, 0.15) is 5.82 Å². The maximum Gasteiger partial charge on any atom is 0.226 e. The highest BCUT2D eigenvalue weighted by atomic mass is 79.9. The quantitative estimate of drug-likeness (QED) is 0.679. The summed E-state index contributed by atoms with van der Waals surface area (Å²) in [4.78, 5) is 21.2. The Labute approximate surface area is 171 Å². The van der Waals surface area contributed by atoms with Crippen molar-refractivity contribution in [2.24, 2.45) is 5.92 Å². The number of halogens is 3. The molecule has 1 amide bonds. The molecule has 7 heteroatoms. The van der Waals surface area contributed by atoms with Crippen molar-refractivity contribution in [2.45, 2.75) is 12.3 Å². The highest BCUT2D eigenvalue weighted by molar-refractivity contribution is 9.10. The van der Waals surface area contributed by atoms with Crippen LogP contribution in [0.1, 0.15) is 17.9 Å². The van der Waals surface area contributed by atoms with E-state index in [1.807, 2.05) is 17.0 Å². The summed E-state index contributed by atoms with van der Waals surface area (Å²) in [6.07, 6.45) is 2.55. The normalized spacial score (nSPS) is 22.4. The highest BCUT2D eigenvalue weighted by Crippen LogP contribution is 2.48. The Kier molecular flexibility index (Phi) is 5.13. The van der Waals surface area contributed by atoms with Crippen molar-refractivity contribution in [1.29, 1.82) is 0 Å². The minimum atomic E-state index is 0.125. The van der Waals surface area contributed by atoms with Gasteiger partial charge in [-0.3, -0.25) is 4.79 Å². The molecule has 1 saturated heterocycles. The number of hydrogen-bond donors (Lipinski definition) is 0. The minimum absolute atomic E-state index is 0.125. The van der Waals surface area contributed by atoms with Gasteiger partial charge < -0.3 is 9.80 Å². The Balaban J connectivity index is 1.35. The van der Waals surface area contributed by atoms with Crippen LogP contribution >= 0.6 is 39.1 Å². The van der Waals surface area contributed by atoms with Crippen molar-refractivity contribution in [3.63, 3.8) is 0 Å². The second-order valence-corrected chi connectivity index (χ2v) is 8.53. The monoisotopic (exact) mass is 453 g/mol. The number of anilines is 1. The van der Waals surface area contributed by atoms with Crippen LogP contribution in [0.3, 0.4) is 0 Å². The summed E-state index contributed by atoms with van der Waals surface area (Å²) < 4.78 is 1.07. The van der Waals surface area contributed by atoms with Crippen LogP contribution in [-0.4, -0.2) is 42.0 Å². The van der Waals surface area contributed by atoms with Crippen LogP contribution < -0.4 is 4.90 Å². The first-order valence-corrected chi connectivity index (χ1v) is 10.2. The number of piperazine rings is 1. The van der Waals surface area contributed by atoms with E-state index in [0.29, 0.717) is 29.1 Å². The SMILES string of the molecule is O=C(C1CC1c1ccc(Br)cc1)N1CCN(c2ncc(Cl)cc2Cl)CC1. The van der Waals surface area contributed by atoms with Gasteiger partial charge in [0.05, 0.1) is 10.0 Å². The number of aromatic nitrogens is 1. The topological polar surface area (TPSA) is 36.4 Å². The van der Waals surface area contributed by atoms with E-state index in [0.717, 1.165) is 29.8 Å². The molecule has 1 aromatic heterocycles. The number of carbonyl (C=O) groups excluding carboxylic acids is 1. The lowest BCUT2D eigenvalue weighted by molar-refractivity contribution is -0.133. The molecule has 4 rings (SSSR count). The maximum absolute atomic E-state index is 12.8. The molecule has 26 heavy (non-hydrogen) atoms. The van der Waals surface area contributed by atoms with E-state index in [4.69, 9.17) is 23.2 Å². The molecule has 0 spiro atoms. The molecule has 2 unspecified atom stereocenters. The highest BCUT2D eigenvalue weighted by Gasteiger charge is 2.46. The van der Waals surface area contributed by atoms with Crippen LogP contribution in [0.2, 0.25) is 10.0 Å². The number of amides is 1. The molecular formula is C19H18BrCl2N3O. The molecule has 2 heterocycles. The van der Waals surface area contributed by atoms with Gasteiger partial charge in [-0.25, -0.2) is 4.98 Å². The van der Waals surface area contributed by atoms with Crippen molar-refractivity contribution in [2.75, 3.05) is 31.1 Å². The summed E-state index contributed by atoms with van der Waals surface area (Å²) in [5.41, 5.74) is 1.25. The third kappa shape index (κ3) is 3.71. The predicted octanol–water partition coefficient (Wildman–Crippen LogP) is 4.60. The molecule has 1 aliphatic heterocycles. The van der Waals surface area contributed by atoms with Gasteiger partial charge in [0.25, 0.3) is 0 Å². The summed E-state index contributed by atoms with van der Waals surface area (Å²) >= 11 is 15.6. The van der Waals surface area contributed by atoms with E-state index < -0.39 is 0 Å². The van der Waals surface area contributed by atoms with Crippen molar-refractivity contribution < 1.29 is 4.79 Å². The van der Waals surface area contributed by atoms with Gasteiger partial charge in [-0.15, -0.1) is 0 Å². The summed E-state index contributed by atoms with van der Waals surface area (Å²) in [6, 6.07) is 9.99. The molecule has 1 saturated carbocycles. The summed E-state index contributed by atoms with van der Waals surface area (Å²) in [5.74, 6) is 1.50. The second kappa shape index (κ2) is 7.37. The van der Waals surface area contributed by atoms with E-state index in [1.165, 1.54) is 5.56 Å². The smallest absolute Gasteiger partial charge is 0.226 e. The fourth-order valence-corrected chi connectivity index (χ4v) is 4.32. The first kappa shape index (κ1) is 18.1. The van der Waals surface area contributed by atoms with Gasteiger partial charge in [0, 0.05) is 42.8 Å². The lowest BCUT2D eigenvalue weighted by Gasteiger charge is -2.36. The number of pyridine rings is 1. The van der Waals surface area contributed by atoms with Crippen LogP contribution in [0.4, 0.5) is 5.82 Å². The zero-order valence-electron chi connectivity index (χ0n) is 14.0. The molecule has 0 N–H and O–H groups in total. The molecule has 1 aliphatic carbocycles. The number of nitrogens with zero attached hydrogens (tertiary/aromatic N) is 3. The molecule has 1 aromatic carbocycles. The Hall–Kier alpha value is -1.30. The first-order valence-electron chi connectivity index (χ1n) is 8.63. The summed E-state index contributed by atoms with van der Waals surface area (Å²) in [5, 5.41) is 1.08. The van der Waals surface area contributed by atoms with Crippen molar-refractivity contribution >= 4 is 50.9 Å². The van der Waals surface area contributed by atoms with E-state index in [-0.39, 0.29) is 11.8 Å². The molecule has 0 bridgehead atoms. The molecule has 4 nitrogen and oxygen atoms in total. The van der Waals surface area contributed by atoms with Gasteiger partial charge in [0.2, 0.25) is 5.91 Å². The summed E-state index contributed by atoms with van der Waals surface area (Å²) in [6.45, 7) is 2.86. The molecule has 2 fully saturated rings. The van der Waals surface area contributed by atoms with Gasteiger partial charge in [-0.05, 0) is 36.1 Å². The third-order valence-corrected chi connectivity index (χ3v) is 6.10. The molecule has 0 radical (unpaired) electrons. The molecule has 2 aliphatic rings. The molecule has 2 atom stereocenters. The predicted molar refractivity (Wildman–Crippen MR) is 108 cm³/mol. The van der Waals surface area contributed by atoms with Crippen LogP contribution in [-0.2, 0) is 4.79 Å². The summed E-state index contributed by atoms with van der Waals surface area (Å²) in [7, 11) is 0. The van der Waals surface area contributed by atoms with Gasteiger partial charge in [-0.2, -0.15) is 0 Å². The van der Waals surface area contributed by atoms with E-state index in [9.17, 15) is 4.79 Å². The number of benzene rings is 1. The van der Waals surface area contributed by atoms with E-state index in [1.54, 1.807) is 12.3 Å². The van der Waals surface area contributed by atoms with Crippen molar-refractivity contribution in [1.82, 2.24) is 9.88 Å². The average molecular weight is 455 g/mol. The molecule has 136 valence electrons. The van der Waals surface area contributed by atoms with Gasteiger partial charge in [0.15, 0.2) is 0 Å². The van der Waals surface area contributed by atoms with Crippen LogP contribution in [0.5, 0.6) is 0 Å². The van der Waals surface area contributed by atoms with E-state index >= 15 is 0 Å². The van der Waals surface area contributed by atoms with Crippen LogP contribution in [0.15, 0.2) is 41.0 Å². The Bertz CT molecular complexity index is 822. The Morgan fingerprint density at radius 3 is 2.46 bits per heavy atom. The Morgan fingerprint density at radius 2 is 1.81 bits per heavy atom.